The number of rotatable bonds is 6. The van der Waals surface area contributed by atoms with E-state index in [1.54, 1.807) is 13.8 Å². The Labute approximate surface area is 188 Å². The Morgan fingerprint density at radius 2 is 1.88 bits per heavy atom. The fourth-order valence-corrected chi connectivity index (χ4v) is 7.27. The minimum absolute atomic E-state index is 0.000622. The maximum atomic E-state index is 13.0. The molecular weight excluding hydrogens is 460 g/mol. The van der Waals surface area contributed by atoms with E-state index in [2.05, 4.69) is 0 Å². The molecule has 3 rings (SSSR count). The van der Waals surface area contributed by atoms with Crippen LogP contribution in [0.2, 0.25) is 0 Å². The van der Waals surface area contributed by atoms with Gasteiger partial charge in [0.2, 0.25) is 10.0 Å². The van der Waals surface area contributed by atoms with Gasteiger partial charge in [-0.1, -0.05) is 6.07 Å². The molecule has 12 heteroatoms. The molecule has 0 aliphatic carbocycles. The molecule has 2 heterocycles. The van der Waals surface area contributed by atoms with Gasteiger partial charge in [-0.3, -0.25) is 4.79 Å². The minimum Gasteiger partial charge on any atom is -0.452 e. The zero-order chi connectivity index (χ0) is 23.7. The molecular formula is C20H28N2O8S2. The maximum absolute atomic E-state index is 13.0. The number of carbonyl (C=O) groups excluding carboxylic acids is 2. The van der Waals surface area contributed by atoms with Crippen molar-refractivity contribution in [1.82, 2.24) is 9.21 Å². The Morgan fingerprint density at radius 3 is 2.47 bits per heavy atom. The highest BCUT2D eigenvalue weighted by Gasteiger charge is 2.34. The number of sulfone groups is 1. The van der Waals surface area contributed by atoms with Crippen LogP contribution in [0.15, 0.2) is 29.2 Å². The standard InChI is InChI=1S/C20H28N2O8S2/c1-14-10-22(11-15(2)30-14)32(27,28)18-6-4-5-16(9-18)20(24)29-12-19(23)21(3)17-7-8-31(25,26)13-17/h4-6,9,14-15,17H,7-8,10-13H2,1-3H3/t14-,15-,17+/m0/s1. The summed E-state index contributed by atoms with van der Waals surface area (Å²) >= 11 is 0. The van der Waals surface area contributed by atoms with Crippen molar-refractivity contribution < 1.29 is 35.9 Å². The normalized spacial score (nSPS) is 25.9. The number of amides is 1. The molecule has 178 valence electrons. The number of esters is 1. The lowest BCUT2D eigenvalue weighted by atomic mass is 10.2. The van der Waals surface area contributed by atoms with Gasteiger partial charge in [-0.25, -0.2) is 21.6 Å². The molecule has 1 aromatic rings. The molecule has 0 bridgehead atoms. The molecule has 0 aromatic heterocycles. The number of likely N-dealkylation sites (N-methyl/N-ethyl adjacent to an activating group) is 1. The molecule has 3 atom stereocenters. The second-order valence-corrected chi connectivity index (χ2v) is 12.4. The number of sulfonamides is 1. The van der Waals surface area contributed by atoms with Crippen LogP contribution < -0.4 is 0 Å². The summed E-state index contributed by atoms with van der Waals surface area (Å²) in [6.07, 6.45) is -0.156. The van der Waals surface area contributed by atoms with Crippen LogP contribution in [-0.4, -0.2) is 94.4 Å². The van der Waals surface area contributed by atoms with Crippen molar-refractivity contribution in [3.63, 3.8) is 0 Å². The van der Waals surface area contributed by atoms with Gasteiger partial charge in [-0.15, -0.1) is 0 Å². The number of nitrogens with zero attached hydrogens (tertiary/aromatic N) is 2. The summed E-state index contributed by atoms with van der Waals surface area (Å²) in [5.74, 6) is -1.45. The lowest BCUT2D eigenvalue weighted by Gasteiger charge is -2.34. The Balaban J connectivity index is 1.64. The summed E-state index contributed by atoms with van der Waals surface area (Å²) in [4.78, 5) is 26.0. The predicted molar refractivity (Wildman–Crippen MR) is 115 cm³/mol. The fourth-order valence-electron chi connectivity index (χ4n) is 3.86. The van der Waals surface area contributed by atoms with Crippen LogP contribution in [0.25, 0.3) is 0 Å². The van der Waals surface area contributed by atoms with Crippen molar-refractivity contribution in [3.05, 3.63) is 29.8 Å². The van der Waals surface area contributed by atoms with Crippen LogP contribution in [-0.2, 0) is 34.1 Å². The second kappa shape index (κ2) is 9.46. The first-order valence-electron chi connectivity index (χ1n) is 10.3. The lowest BCUT2D eigenvalue weighted by molar-refractivity contribution is -0.134. The maximum Gasteiger partial charge on any atom is 0.338 e. The summed E-state index contributed by atoms with van der Waals surface area (Å²) in [6, 6.07) is 5.02. The largest absolute Gasteiger partial charge is 0.452 e. The molecule has 0 spiro atoms. The highest BCUT2D eigenvalue weighted by Crippen LogP contribution is 2.22. The summed E-state index contributed by atoms with van der Waals surface area (Å²) in [5.41, 5.74) is -0.000622. The molecule has 10 nitrogen and oxygen atoms in total. The first kappa shape index (κ1) is 24.6. The fraction of sp³-hybridized carbons (Fsp3) is 0.600. The van der Waals surface area contributed by atoms with Crippen LogP contribution in [0.3, 0.4) is 0 Å². The molecule has 0 N–H and O–H groups in total. The van der Waals surface area contributed by atoms with Gasteiger partial charge in [-0.2, -0.15) is 4.31 Å². The van der Waals surface area contributed by atoms with Crippen molar-refractivity contribution in [2.24, 2.45) is 0 Å². The van der Waals surface area contributed by atoms with E-state index in [0.29, 0.717) is 6.42 Å². The van der Waals surface area contributed by atoms with Crippen molar-refractivity contribution in [2.75, 3.05) is 38.2 Å². The molecule has 0 saturated carbocycles. The van der Waals surface area contributed by atoms with Gasteiger partial charge < -0.3 is 14.4 Å². The van der Waals surface area contributed by atoms with E-state index >= 15 is 0 Å². The van der Waals surface area contributed by atoms with Crippen LogP contribution in [0.4, 0.5) is 0 Å². The van der Waals surface area contributed by atoms with Crippen molar-refractivity contribution in [2.45, 2.75) is 43.4 Å². The van der Waals surface area contributed by atoms with Crippen molar-refractivity contribution >= 4 is 31.7 Å². The number of hydrogen-bond acceptors (Lipinski definition) is 8. The van der Waals surface area contributed by atoms with Gasteiger partial charge in [0.1, 0.15) is 0 Å². The molecule has 32 heavy (non-hydrogen) atoms. The number of carbonyl (C=O) groups is 2. The van der Waals surface area contributed by atoms with Gasteiger partial charge in [0.25, 0.3) is 5.91 Å². The second-order valence-electron chi connectivity index (χ2n) is 8.24. The summed E-state index contributed by atoms with van der Waals surface area (Å²) in [6.45, 7) is 3.43. The summed E-state index contributed by atoms with van der Waals surface area (Å²) < 4.78 is 61.2. The zero-order valence-corrected chi connectivity index (χ0v) is 19.9. The third-order valence-corrected chi connectivity index (χ3v) is 9.15. The van der Waals surface area contributed by atoms with Gasteiger partial charge in [0.05, 0.1) is 34.2 Å². The highest BCUT2D eigenvalue weighted by atomic mass is 32.2. The van der Waals surface area contributed by atoms with E-state index in [9.17, 15) is 26.4 Å². The number of hydrogen-bond donors (Lipinski definition) is 0. The van der Waals surface area contributed by atoms with E-state index in [4.69, 9.17) is 9.47 Å². The van der Waals surface area contributed by atoms with Gasteiger partial charge in [0.15, 0.2) is 16.4 Å². The topological polar surface area (TPSA) is 127 Å². The van der Waals surface area contributed by atoms with E-state index in [1.165, 1.54) is 40.5 Å². The third-order valence-electron chi connectivity index (χ3n) is 5.57. The molecule has 1 amide bonds. The molecule has 2 aliphatic rings. The quantitative estimate of drug-likeness (QED) is 0.523. The molecule has 2 fully saturated rings. The molecule has 2 aliphatic heterocycles. The van der Waals surface area contributed by atoms with Gasteiger partial charge in [0, 0.05) is 26.2 Å². The molecule has 2 saturated heterocycles. The van der Waals surface area contributed by atoms with Crippen LogP contribution >= 0.6 is 0 Å². The Kier molecular flexibility index (Phi) is 7.28. The number of benzene rings is 1. The highest BCUT2D eigenvalue weighted by molar-refractivity contribution is 7.91. The molecule has 1 aromatic carbocycles. The van der Waals surface area contributed by atoms with Crippen molar-refractivity contribution in [3.8, 4) is 0 Å². The summed E-state index contributed by atoms with van der Waals surface area (Å²) in [7, 11) is -5.52. The molecule has 0 unspecified atom stereocenters. The van der Waals surface area contributed by atoms with E-state index in [0.717, 1.165) is 0 Å². The predicted octanol–water partition coefficient (Wildman–Crippen LogP) is 0.287. The van der Waals surface area contributed by atoms with Gasteiger partial charge in [-0.05, 0) is 38.5 Å². The lowest BCUT2D eigenvalue weighted by Crippen LogP contribution is -2.48. The Hall–Kier alpha value is -2.02. The number of ether oxygens (including phenoxy) is 2. The van der Waals surface area contributed by atoms with Crippen LogP contribution in [0, 0.1) is 0 Å². The Bertz CT molecular complexity index is 1080. The number of morpholine rings is 1. The third kappa shape index (κ3) is 5.66. The van der Waals surface area contributed by atoms with E-state index < -0.39 is 44.4 Å². The smallest absolute Gasteiger partial charge is 0.338 e. The van der Waals surface area contributed by atoms with Gasteiger partial charge >= 0.3 is 5.97 Å². The monoisotopic (exact) mass is 488 g/mol. The van der Waals surface area contributed by atoms with Crippen LogP contribution in [0.1, 0.15) is 30.6 Å². The first-order valence-corrected chi connectivity index (χ1v) is 13.5. The zero-order valence-electron chi connectivity index (χ0n) is 18.3. The SMILES string of the molecule is C[C@H]1CN(S(=O)(=O)c2cccc(C(=O)OCC(=O)N(C)[C@@H]3CCS(=O)(=O)C3)c2)C[C@H](C)O1. The minimum atomic E-state index is -3.84. The van der Waals surface area contributed by atoms with Crippen molar-refractivity contribution in [1.29, 1.82) is 0 Å². The van der Waals surface area contributed by atoms with E-state index in [1.807, 2.05) is 0 Å². The van der Waals surface area contributed by atoms with Crippen LogP contribution in [0.5, 0.6) is 0 Å². The average molecular weight is 489 g/mol. The average Bonchev–Trinajstić information content (AvgIpc) is 3.10. The Morgan fingerprint density at radius 1 is 1.22 bits per heavy atom. The van der Waals surface area contributed by atoms with E-state index in [-0.39, 0.29) is 47.3 Å². The molecule has 0 radical (unpaired) electrons. The first-order chi connectivity index (χ1) is 14.9. The summed E-state index contributed by atoms with van der Waals surface area (Å²) in [5, 5.41) is 0.